The fraction of sp³-hybridized carbons (Fsp3) is 0.375. The van der Waals surface area contributed by atoms with Gasteiger partial charge in [-0.05, 0) is 37.1 Å². The van der Waals surface area contributed by atoms with E-state index in [1.54, 1.807) is 19.2 Å². The van der Waals surface area contributed by atoms with Gasteiger partial charge in [-0.1, -0.05) is 29.8 Å². The Hall–Kier alpha value is -1.43. The van der Waals surface area contributed by atoms with E-state index in [2.05, 4.69) is 0 Å². The van der Waals surface area contributed by atoms with Crippen molar-refractivity contribution in [2.45, 2.75) is 18.7 Å². The highest BCUT2D eigenvalue weighted by molar-refractivity contribution is 7.89. The lowest BCUT2D eigenvalue weighted by Gasteiger charge is -2.18. The molecule has 114 valence electrons. The molecule has 0 N–H and O–H groups in total. The van der Waals surface area contributed by atoms with Gasteiger partial charge in [0.25, 0.3) is 0 Å². The second kappa shape index (κ2) is 6.56. The Morgan fingerprint density at radius 3 is 2.33 bits per heavy atom. The summed E-state index contributed by atoms with van der Waals surface area (Å²) in [6.45, 7) is 5.16. The number of rotatable bonds is 4. The summed E-state index contributed by atoms with van der Waals surface area (Å²) in [4.78, 5) is 0.336. The summed E-state index contributed by atoms with van der Waals surface area (Å²) in [5.41, 5.74) is 3.15. The van der Waals surface area contributed by atoms with Crippen molar-refractivity contribution in [2.24, 2.45) is 0 Å². The molecule has 0 radical (unpaired) electrons. The van der Waals surface area contributed by atoms with E-state index in [1.807, 2.05) is 38.1 Å². The van der Waals surface area contributed by atoms with Gasteiger partial charge in [-0.3, -0.25) is 0 Å². The van der Waals surface area contributed by atoms with E-state index in [0.29, 0.717) is 24.6 Å². The first kappa shape index (κ1) is 15.9. The van der Waals surface area contributed by atoms with Crippen molar-refractivity contribution in [3.8, 4) is 0 Å². The van der Waals surface area contributed by atoms with Crippen LogP contribution in [0.4, 0.5) is 0 Å². The summed E-state index contributed by atoms with van der Waals surface area (Å²) in [6, 6.07) is 6.95. The second-order valence-corrected chi connectivity index (χ2v) is 7.12. The van der Waals surface area contributed by atoms with E-state index in [4.69, 9.17) is 4.74 Å². The molecule has 0 amide bonds. The number of ether oxygens (including phenoxy) is 1. The molecule has 1 aromatic carbocycles. The number of aryl methyl sites for hydroxylation is 1. The van der Waals surface area contributed by atoms with Crippen LogP contribution in [-0.2, 0) is 14.8 Å². The monoisotopic (exact) mass is 307 g/mol. The van der Waals surface area contributed by atoms with Crippen LogP contribution in [0.3, 0.4) is 0 Å². The lowest BCUT2D eigenvalue weighted by molar-refractivity contribution is 0.227. The van der Waals surface area contributed by atoms with Gasteiger partial charge >= 0.3 is 0 Å². The maximum atomic E-state index is 12.7. The molecule has 0 fully saturated rings. The minimum Gasteiger partial charge on any atom is -0.380 e. The molecule has 0 bridgehead atoms. The van der Waals surface area contributed by atoms with Crippen LogP contribution in [0.5, 0.6) is 0 Å². The molecule has 1 heterocycles. The molecule has 2 rings (SSSR count). The van der Waals surface area contributed by atoms with E-state index in [-0.39, 0.29) is 0 Å². The predicted octanol–water partition coefficient (Wildman–Crippen LogP) is 2.52. The van der Waals surface area contributed by atoms with E-state index in [1.165, 1.54) is 4.31 Å². The van der Waals surface area contributed by atoms with Crippen LogP contribution in [0.1, 0.15) is 12.5 Å². The van der Waals surface area contributed by atoms with Crippen molar-refractivity contribution in [2.75, 3.05) is 26.8 Å². The minimum absolute atomic E-state index is 0.336. The first-order valence-corrected chi connectivity index (χ1v) is 8.31. The molecule has 4 nitrogen and oxygen atoms in total. The first-order valence-electron chi connectivity index (χ1n) is 6.87. The summed E-state index contributed by atoms with van der Waals surface area (Å²) in [7, 11) is -1.82. The summed E-state index contributed by atoms with van der Waals surface area (Å²) < 4.78 is 31.9. The van der Waals surface area contributed by atoms with E-state index >= 15 is 0 Å². The van der Waals surface area contributed by atoms with Gasteiger partial charge in [-0.2, -0.15) is 4.31 Å². The van der Waals surface area contributed by atoms with Gasteiger partial charge in [0, 0.05) is 20.2 Å². The molecule has 0 atom stereocenters. The zero-order chi connectivity index (χ0) is 15.5. The van der Waals surface area contributed by atoms with Crippen LogP contribution < -0.4 is 0 Å². The zero-order valence-electron chi connectivity index (χ0n) is 12.7. The molecule has 0 saturated carbocycles. The van der Waals surface area contributed by atoms with Crippen molar-refractivity contribution in [1.82, 2.24) is 4.31 Å². The summed E-state index contributed by atoms with van der Waals surface area (Å²) in [5.74, 6) is 0. The molecule has 0 aromatic heterocycles. The van der Waals surface area contributed by atoms with Crippen LogP contribution in [-0.4, -0.2) is 39.5 Å². The van der Waals surface area contributed by atoms with Gasteiger partial charge in [0.15, 0.2) is 0 Å². The van der Waals surface area contributed by atoms with E-state index in [9.17, 15) is 8.42 Å². The third-order valence-electron chi connectivity index (χ3n) is 3.61. The molecule has 1 aliphatic rings. The number of hydrogen-bond donors (Lipinski definition) is 0. The van der Waals surface area contributed by atoms with E-state index < -0.39 is 10.0 Å². The average molecular weight is 307 g/mol. The highest BCUT2D eigenvalue weighted by Gasteiger charge is 2.24. The normalized spacial score (nSPS) is 17.1. The zero-order valence-corrected chi connectivity index (χ0v) is 13.5. The van der Waals surface area contributed by atoms with Crippen molar-refractivity contribution in [3.63, 3.8) is 0 Å². The number of benzene rings is 1. The number of nitrogens with zero attached hydrogens (tertiary/aromatic N) is 1. The van der Waals surface area contributed by atoms with Crippen molar-refractivity contribution >= 4 is 10.0 Å². The first-order chi connectivity index (χ1) is 9.95. The van der Waals surface area contributed by atoms with Crippen LogP contribution in [0.25, 0.3) is 0 Å². The van der Waals surface area contributed by atoms with Gasteiger partial charge in [0.2, 0.25) is 10.0 Å². The average Bonchev–Trinajstić information content (AvgIpc) is 2.63. The Bertz CT molecular complexity index is 657. The van der Waals surface area contributed by atoms with Gasteiger partial charge in [-0.15, -0.1) is 0 Å². The molecule has 0 saturated heterocycles. The quantitative estimate of drug-likeness (QED) is 0.858. The summed E-state index contributed by atoms with van der Waals surface area (Å²) in [5, 5.41) is 0. The maximum Gasteiger partial charge on any atom is 0.243 e. The molecule has 1 aromatic rings. The van der Waals surface area contributed by atoms with Crippen LogP contribution in [0.2, 0.25) is 0 Å². The SMILES string of the molecule is COCC1=CCN(S(=O)(=O)c2ccc(C)cc2)CC=C1C. The lowest BCUT2D eigenvalue weighted by Crippen LogP contribution is -2.31. The fourth-order valence-corrected chi connectivity index (χ4v) is 3.52. The molecular formula is C16H21NO3S. The Balaban J connectivity index is 2.28. The molecule has 0 unspecified atom stereocenters. The molecule has 1 aliphatic heterocycles. The molecule has 0 aliphatic carbocycles. The molecular weight excluding hydrogens is 286 g/mol. The van der Waals surface area contributed by atoms with Gasteiger partial charge in [-0.25, -0.2) is 8.42 Å². The largest absolute Gasteiger partial charge is 0.380 e. The van der Waals surface area contributed by atoms with Crippen molar-refractivity contribution in [3.05, 3.63) is 53.1 Å². The lowest BCUT2D eigenvalue weighted by atomic mass is 10.1. The third kappa shape index (κ3) is 3.61. The summed E-state index contributed by atoms with van der Waals surface area (Å²) in [6.07, 6.45) is 3.86. The Morgan fingerprint density at radius 2 is 1.71 bits per heavy atom. The minimum atomic E-state index is -3.46. The predicted molar refractivity (Wildman–Crippen MR) is 83.7 cm³/mol. The fourth-order valence-electron chi connectivity index (χ4n) is 2.20. The Kier molecular flexibility index (Phi) is 4.98. The third-order valence-corrected chi connectivity index (χ3v) is 5.45. The van der Waals surface area contributed by atoms with Crippen LogP contribution >= 0.6 is 0 Å². The standard InChI is InChI=1S/C16H21NO3S/c1-13-4-6-16(7-5-13)21(18,19)17-10-8-14(2)15(9-11-17)12-20-3/h4-9H,10-12H2,1-3H3. The topological polar surface area (TPSA) is 46.6 Å². The van der Waals surface area contributed by atoms with Crippen LogP contribution in [0.15, 0.2) is 52.5 Å². The second-order valence-electron chi connectivity index (χ2n) is 5.18. The van der Waals surface area contributed by atoms with Gasteiger partial charge in [0.1, 0.15) is 0 Å². The molecule has 21 heavy (non-hydrogen) atoms. The van der Waals surface area contributed by atoms with Crippen molar-refractivity contribution in [1.29, 1.82) is 0 Å². The number of sulfonamides is 1. The van der Waals surface area contributed by atoms with Crippen molar-refractivity contribution < 1.29 is 13.2 Å². The Morgan fingerprint density at radius 1 is 1.10 bits per heavy atom. The highest BCUT2D eigenvalue weighted by atomic mass is 32.2. The van der Waals surface area contributed by atoms with E-state index in [0.717, 1.165) is 16.7 Å². The molecule has 0 spiro atoms. The highest BCUT2D eigenvalue weighted by Crippen LogP contribution is 2.20. The smallest absolute Gasteiger partial charge is 0.243 e. The number of hydrogen-bond acceptors (Lipinski definition) is 3. The Labute approximate surface area is 126 Å². The summed E-state index contributed by atoms with van der Waals surface area (Å²) >= 11 is 0. The molecule has 5 heteroatoms. The van der Waals surface area contributed by atoms with Gasteiger partial charge in [0.05, 0.1) is 11.5 Å². The maximum absolute atomic E-state index is 12.7. The number of methoxy groups -OCH3 is 1. The van der Waals surface area contributed by atoms with Gasteiger partial charge < -0.3 is 4.74 Å². The van der Waals surface area contributed by atoms with Crippen LogP contribution in [0, 0.1) is 6.92 Å².